The minimum Gasteiger partial charge on any atom is -0.387 e. The molecule has 0 saturated heterocycles. The SMILES string of the molecule is Cc1cc(C(O)CNC(=O)c2cccnc2)ccc1F. The Morgan fingerprint density at radius 1 is 1.45 bits per heavy atom. The number of carbonyl (C=O) groups is 1. The van der Waals surface area contributed by atoms with Crippen LogP contribution in [0.2, 0.25) is 0 Å². The summed E-state index contributed by atoms with van der Waals surface area (Å²) in [7, 11) is 0. The Morgan fingerprint density at radius 3 is 2.90 bits per heavy atom. The van der Waals surface area contributed by atoms with Gasteiger partial charge in [0.2, 0.25) is 0 Å². The number of hydrogen-bond acceptors (Lipinski definition) is 3. The summed E-state index contributed by atoms with van der Waals surface area (Å²) in [6, 6.07) is 7.67. The number of nitrogens with one attached hydrogen (secondary N) is 1. The van der Waals surface area contributed by atoms with Gasteiger partial charge in [-0.15, -0.1) is 0 Å². The highest BCUT2D eigenvalue weighted by Gasteiger charge is 2.12. The van der Waals surface area contributed by atoms with Crippen LogP contribution >= 0.6 is 0 Å². The van der Waals surface area contributed by atoms with Crippen molar-refractivity contribution in [2.24, 2.45) is 0 Å². The number of carbonyl (C=O) groups excluding carboxylic acids is 1. The van der Waals surface area contributed by atoms with E-state index in [4.69, 9.17) is 0 Å². The first-order chi connectivity index (χ1) is 9.58. The lowest BCUT2D eigenvalue weighted by Crippen LogP contribution is -2.28. The van der Waals surface area contributed by atoms with Crippen LogP contribution in [0.5, 0.6) is 0 Å². The molecule has 0 spiro atoms. The Labute approximate surface area is 116 Å². The van der Waals surface area contributed by atoms with Gasteiger partial charge in [-0.2, -0.15) is 0 Å². The number of halogens is 1. The van der Waals surface area contributed by atoms with E-state index < -0.39 is 6.10 Å². The van der Waals surface area contributed by atoms with Crippen LogP contribution < -0.4 is 5.32 Å². The second-order valence-electron chi connectivity index (χ2n) is 4.48. The number of aliphatic hydroxyl groups excluding tert-OH is 1. The highest BCUT2D eigenvalue weighted by Crippen LogP contribution is 2.16. The average Bonchev–Trinajstić information content (AvgIpc) is 2.48. The summed E-state index contributed by atoms with van der Waals surface area (Å²) < 4.78 is 13.1. The van der Waals surface area contributed by atoms with Gasteiger partial charge in [-0.1, -0.05) is 12.1 Å². The molecule has 1 heterocycles. The van der Waals surface area contributed by atoms with E-state index in [-0.39, 0.29) is 18.3 Å². The molecule has 1 aromatic carbocycles. The fourth-order valence-corrected chi connectivity index (χ4v) is 1.78. The monoisotopic (exact) mass is 274 g/mol. The van der Waals surface area contributed by atoms with E-state index in [0.717, 1.165) is 0 Å². The molecule has 0 fully saturated rings. The second-order valence-corrected chi connectivity index (χ2v) is 4.48. The van der Waals surface area contributed by atoms with Crippen LogP contribution in [0.4, 0.5) is 4.39 Å². The molecule has 2 aromatic rings. The van der Waals surface area contributed by atoms with Crippen LogP contribution in [-0.2, 0) is 0 Å². The lowest BCUT2D eigenvalue weighted by Gasteiger charge is -2.13. The van der Waals surface area contributed by atoms with E-state index >= 15 is 0 Å². The second kappa shape index (κ2) is 6.25. The molecule has 1 atom stereocenters. The molecule has 0 aliphatic heterocycles. The maximum absolute atomic E-state index is 13.1. The number of aliphatic hydroxyl groups is 1. The minimum atomic E-state index is -0.880. The number of rotatable bonds is 4. The number of aryl methyl sites for hydroxylation is 1. The lowest BCUT2D eigenvalue weighted by atomic mass is 10.1. The topological polar surface area (TPSA) is 62.2 Å². The van der Waals surface area contributed by atoms with Gasteiger partial charge in [0.1, 0.15) is 5.82 Å². The molecule has 1 amide bonds. The van der Waals surface area contributed by atoms with Gasteiger partial charge in [0.25, 0.3) is 5.91 Å². The van der Waals surface area contributed by atoms with Crippen molar-refractivity contribution in [1.82, 2.24) is 10.3 Å². The van der Waals surface area contributed by atoms with E-state index in [1.807, 2.05) is 0 Å². The molecular weight excluding hydrogens is 259 g/mol. The zero-order valence-electron chi connectivity index (χ0n) is 11.0. The van der Waals surface area contributed by atoms with Crippen LogP contribution in [0.3, 0.4) is 0 Å². The molecule has 0 bridgehead atoms. The summed E-state index contributed by atoms with van der Waals surface area (Å²) in [5.74, 6) is -0.628. The van der Waals surface area contributed by atoms with Gasteiger partial charge in [0.05, 0.1) is 11.7 Å². The van der Waals surface area contributed by atoms with E-state index in [0.29, 0.717) is 16.7 Å². The first kappa shape index (κ1) is 14.1. The van der Waals surface area contributed by atoms with Crippen molar-refractivity contribution in [2.45, 2.75) is 13.0 Å². The summed E-state index contributed by atoms with van der Waals surface area (Å²) in [5, 5.41) is 12.6. The quantitative estimate of drug-likeness (QED) is 0.896. The minimum absolute atomic E-state index is 0.0544. The molecule has 1 aromatic heterocycles. The number of benzene rings is 1. The number of nitrogens with zero attached hydrogens (tertiary/aromatic N) is 1. The predicted octanol–water partition coefficient (Wildman–Crippen LogP) is 1.99. The van der Waals surface area contributed by atoms with Crippen LogP contribution in [0.15, 0.2) is 42.7 Å². The summed E-state index contributed by atoms with van der Waals surface area (Å²) >= 11 is 0. The van der Waals surface area contributed by atoms with Crippen molar-refractivity contribution in [1.29, 1.82) is 0 Å². The van der Waals surface area contributed by atoms with E-state index in [9.17, 15) is 14.3 Å². The fraction of sp³-hybridized carbons (Fsp3) is 0.200. The number of pyridine rings is 1. The number of aromatic nitrogens is 1. The van der Waals surface area contributed by atoms with E-state index in [1.165, 1.54) is 18.3 Å². The third-order valence-corrected chi connectivity index (χ3v) is 2.95. The molecule has 104 valence electrons. The molecule has 0 aliphatic carbocycles. The zero-order chi connectivity index (χ0) is 14.5. The summed E-state index contributed by atoms with van der Waals surface area (Å²) in [6.07, 6.45) is 2.14. The largest absolute Gasteiger partial charge is 0.387 e. The van der Waals surface area contributed by atoms with Gasteiger partial charge >= 0.3 is 0 Å². The molecule has 5 heteroatoms. The molecular formula is C15H15FN2O2. The molecule has 2 rings (SSSR count). The highest BCUT2D eigenvalue weighted by molar-refractivity contribution is 5.93. The third kappa shape index (κ3) is 3.39. The molecule has 1 unspecified atom stereocenters. The Morgan fingerprint density at radius 2 is 2.25 bits per heavy atom. The Bertz CT molecular complexity index is 602. The highest BCUT2D eigenvalue weighted by atomic mass is 19.1. The number of amides is 1. The molecule has 0 saturated carbocycles. The first-order valence-electron chi connectivity index (χ1n) is 6.20. The van der Waals surface area contributed by atoms with Gasteiger partial charge in [-0.3, -0.25) is 9.78 Å². The van der Waals surface area contributed by atoms with Crippen molar-refractivity contribution in [3.05, 3.63) is 65.2 Å². The van der Waals surface area contributed by atoms with Crippen LogP contribution in [-0.4, -0.2) is 22.5 Å². The van der Waals surface area contributed by atoms with Crippen LogP contribution in [0, 0.1) is 12.7 Å². The Balaban J connectivity index is 1.96. The van der Waals surface area contributed by atoms with Crippen molar-refractivity contribution >= 4 is 5.91 Å². The number of hydrogen-bond donors (Lipinski definition) is 2. The summed E-state index contributed by atoms with van der Waals surface area (Å²) in [4.78, 5) is 15.6. The maximum atomic E-state index is 13.1. The van der Waals surface area contributed by atoms with E-state index in [1.54, 1.807) is 31.3 Å². The van der Waals surface area contributed by atoms with Crippen LogP contribution in [0.1, 0.15) is 27.6 Å². The lowest BCUT2D eigenvalue weighted by molar-refractivity contribution is 0.0916. The van der Waals surface area contributed by atoms with Gasteiger partial charge < -0.3 is 10.4 Å². The van der Waals surface area contributed by atoms with Gasteiger partial charge in [-0.05, 0) is 36.2 Å². The molecule has 4 nitrogen and oxygen atoms in total. The van der Waals surface area contributed by atoms with Crippen molar-refractivity contribution in [3.8, 4) is 0 Å². The fourth-order valence-electron chi connectivity index (χ4n) is 1.78. The van der Waals surface area contributed by atoms with Gasteiger partial charge in [0.15, 0.2) is 0 Å². The molecule has 0 aliphatic rings. The average molecular weight is 274 g/mol. The Kier molecular flexibility index (Phi) is 4.42. The molecule has 2 N–H and O–H groups in total. The Hall–Kier alpha value is -2.27. The van der Waals surface area contributed by atoms with Crippen LogP contribution in [0.25, 0.3) is 0 Å². The summed E-state index contributed by atoms with van der Waals surface area (Å²) in [5.41, 5.74) is 1.45. The smallest absolute Gasteiger partial charge is 0.252 e. The normalized spacial score (nSPS) is 11.9. The van der Waals surface area contributed by atoms with Crippen molar-refractivity contribution in [2.75, 3.05) is 6.54 Å². The standard InChI is InChI=1S/C15H15FN2O2/c1-10-7-11(4-5-13(10)16)14(19)9-18-15(20)12-3-2-6-17-8-12/h2-8,14,19H,9H2,1H3,(H,18,20). The molecule has 0 radical (unpaired) electrons. The first-order valence-corrected chi connectivity index (χ1v) is 6.20. The zero-order valence-corrected chi connectivity index (χ0v) is 11.0. The van der Waals surface area contributed by atoms with Crippen molar-refractivity contribution in [3.63, 3.8) is 0 Å². The summed E-state index contributed by atoms with van der Waals surface area (Å²) in [6.45, 7) is 1.68. The van der Waals surface area contributed by atoms with Gasteiger partial charge in [0, 0.05) is 18.9 Å². The maximum Gasteiger partial charge on any atom is 0.252 e. The predicted molar refractivity (Wildman–Crippen MR) is 72.7 cm³/mol. The van der Waals surface area contributed by atoms with Gasteiger partial charge in [-0.25, -0.2) is 4.39 Å². The van der Waals surface area contributed by atoms with E-state index in [2.05, 4.69) is 10.3 Å². The third-order valence-electron chi connectivity index (χ3n) is 2.95. The van der Waals surface area contributed by atoms with Crippen molar-refractivity contribution < 1.29 is 14.3 Å². The molecule has 20 heavy (non-hydrogen) atoms.